The van der Waals surface area contributed by atoms with Crippen molar-refractivity contribution < 1.29 is 14.6 Å². The average Bonchev–Trinajstić information content (AvgIpc) is 2.36. The number of phenolic OH excluding ortho intramolecular Hbond substituents is 1. The fourth-order valence-corrected chi connectivity index (χ4v) is 1.87. The van der Waals surface area contributed by atoms with Crippen molar-refractivity contribution in [3.05, 3.63) is 23.8 Å². The monoisotopic (exact) mass is 237 g/mol. The summed E-state index contributed by atoms with van der Waals surface area (Å²) >= 11 is 0. The summed E-state index contributed by atoms with van der Waals surface area (Å²) in [4.78, 5) is 2.32. The van der Waals surface area contributed by atoms with Crippen LogP contribution in [-0.2, 0) is 4.74 Å². The molecule has 4 heteroatoms. The van der Waals surface area contributed by atoms with Gasteiger partial charge in [0, 0.05) is 25.2 Å². The Bertz CT molecular complexity index is 362. The Balaban J connectivity index is 1.79. The van der Waals surface area contributed by atoms with Crippen molar-refractivity contribution in [2.24, 2.45) is 0 Å². The Kier molecular flexibility index (Phi) is 4.23. The highest BCUT2D eigenvalue weighted by Gasteiger charge is 2.10. The van der Waals surface area contributed by atoms with E-state index >= 15 is 0 Å². The molecule has 2 rings (SSSR count). The molecule has 17 heavy (non-hydrogen) atoms. The smallest absolute Gasteiger partial charge is 0.125 e. The van der Waals surface area contributed by atoms with Gasteiger partial charge in [0.15, 0.2) is 0 Å². The summed E-state index contributed by atoms with van der Waals surface area (Å²) < 4.78 is 11.0. The van der Waals surface area contributed by atoms with Crippen LogP contribution in [0.4, 0.5) is 0 Å². The number of hydrogen-bond donors (Lipinski definition) is 1. The Morgan fingerprint density at radius 1 is 1.35 bits per heavy atom. The van der Waals surface area contributed by atoms with Gasteiger partial charge >= 0.3 is 0 Å². The van der Waals surface area contributed by atoms with Crippen LogP contribution in [0.25, 0.3) is 0 Å². The van der Waals surface area contributed by atoms with Gasteiger partial charge in [0.05, 0.1) is 13.2 Å². The van der Waals surface area contributed by atoms with Gasteiger partial charge in [-0.1, -0.05) is 6.07 Å². The summed E-state index contributed by atoms with van der Waals surface area (Å²) in [5.41, 5.74) is 0.800. The molecule has 0 aliphatic carbocycles. The Hall–Kier alpha value is -1.26. The normalized spacial score (nSPS) is 17.0. The first kappa shape index (κ1) is 12.2. The fourth-order valence-electron chi connectivity index (χ4n) is 1.87. The summed E-state index contributed by atoms with van der Waals surface area (Å²) in [6.07, 6.45) is 0. The van der Waals surface area contributed by atoms with Gasteiger partial charge in [-0.25, -0.2) is 0 Å². The predicted molar refractivity (Wildman–Crippen MR) is 65.6 cm³/mol. The number of rotatable bonds is 4. The van der Waals surface area contributed by atoms with Crippen molar-refractivity contribution in [2.75, 3.05) is 39.5 Å². The maximum atomic E-state index is 9.54. The standard InChI is InChI=1S/C13H19NO3/c1-11-12(15)3-2-4-13(11)17-10-7-14-5-8-16-9-6-14/h2-4,15H,5-10H2,1H3. The second kappa shape index (κ2) is 5.89. The Morgan fingerprint density at radius 3 is 2.88 bits per heavy atom. The van der Waals surface area contributed by atoms with Crippen molar-refractivity contribution in [1.29, 1.82) is 0 Å². The van der Waals surface area contributed by atoms with Gasteiger partial charge in [-0.15, -0.1) is 0 Å². The molecule has 0 saturated carbocycles. The zero-order chi connectivity index (χ0) is 12.1. The topological polar surface area (TPSA) is 41.9 Å². The molecule has 94 valence electrons. The first-order chi connectivity index (χ1) is 8.27. The van der Waals surface area contributed by atoms with Crippen molar-refractivity contribution in [3.8, 4) is 11.5 Å². The quantitative estimate of drug-likeness (QED) is 0.859. The molecule has 1 saturated heterocycles. The van der Waals surface area contributed by atoms with Crippen LogP contribution in [0.5, 0.6) is 11.5 Å². The number of phenols is 1. The first-order valence-corrected chi connectivity index (χ1v) is 5.99. The van der Waals surface area contributed by atoms with E-state index in [4.69, 9.17) is 9.47 Å². The van der Waals surface area contributed by atoms with Gasteiger partial charge in [0.2, 0.25) is 0 Å². The molecule has 1 aliphatic heterocycles. The SMILES string of the molecule is Cc1c(O)cccc1OCCN1CCOCC1. The number of benzene rings is 1. The number of aromatic hydroxyl groups is 1. The number of ether oxygens (including phenoxy) is 2. The van der Waals surface area contributed by atoms with E-state index in [0.29, 0.717) is 6.61 Å². The van der Waals surface area contributed by atoms with E-state index in [1.54, 1.807) is 12.1 Å². The molecule has 1 heterocycles. The second-order valence-electron chi connectivity index (χ2n) is 4.20. The third kappa shape index (κ3) is 3.35. The van der Waals surface area contributed by atoms with Crippen molar-refractivity contribution in [2.45, 2.75) is 6.92 Å². The molecule has 0 radical (unpaired) electrons. The van der Waals surface area contributed by atoms with Crippen LogP contribution >= 0.6 is 0 Å². The van der Waals surface area contributed by atoms with Crippen LogP contribution in [0.1, 0.15) is 5.56 Å². The van der Waals surface area contributed by atoms with E-state index in [-0.39, 0.29) is 5.75 Å². The van der Waals surface area contributed by atoms with Crippen LogP contribution in [0.2, 0.25) is 0 Å². The van der Waals surface area contributed by atoms with Gasteiger partial charge in [0.25, 0.3) is 0 Å². The molecule has 1 aromatic carbocycles. The van der Waals surface area contributed by atoms with E-state index < -0.39 is 0 Å². The van der Waals surface area contributed by atoms with Gasteiger partial charge in [0.1, 0.15) is 18.1 Å². The van der Waals surface area contributed by atoms with E-state index in [9.17, 15) is 5.11 Å². The minimum atomic E-state index is 0.286. The molecule has 1 N–H and O–H groups in total. The van der Waals surface area contributed by atoms with Crippen LogP contribution < -0.4 is 4.74 Å². The lowest BCUT2D eigenvalue weighted by Crippen LogP contribution is -2.38. The maximum absolute atomic E-state index is 9.54. The summed E-state index contributed by atoms with van der Waals surface area (Å²) in [7, 11) is 0. The Morgan fingerprint density at radius 2 is 2.12 bits per heavy atom. The van der Waals surface area contributed by atoms with Gasteiger partial charge in [-0.05, 0) is 19.1 Å². The van der Waals surface area contributed by atoms with Gasteiger partial charge in [-0.3, -0.25) is 4.90 Å². The third-order valence-electron chi connectivity index (χ3n) is 3.02. The molecule has 1 aromatic rings. The summed E-state index contributed by atoms with van der Waals surface area (Å²) in [5, 5.41) is 9.54. The largest absolute Gasteiger partial charge is 0.508 e. The van der Waals surface area contributed by atoms with E-state index in [0.717, 1.165) is 44.2 Å². The van der Waals surface area contributed by atoms with Crippen molar-refractivity contribution in [1.82, 2.24) is 4.90 Å². The highest BCUT2D eigenvalue weighted by Crippen LogP contribution is 2.25. The van der Waals surface area contributed by atoms with Crippen LogP contribution in [0, 0.1) is 6.92 Å². The molecule has 4 nitrogen and oxygen atoms in total. The number of nitrogens with zero attached hydrogens (tertiary/aromatic N) is 1. The van der Waals surface area contributed by atoms with Crippen LogP contribution in [0.15, 0.2) is 18.2 Å². The maximum Gasteiger partial charge on any atom is 0.125 e. The van der Waals surface area contributed by atoms with Crippen LogP contribution in [0.3, 0.4) is 0 Å². The molecular formula is C13H19NO3. The van der Waals surface area contributed by atoms with E-state index in [1.165, 1.54) is 0 Å². The lowest BCUT2D eigenvalue weighted by molar-refractivity contribution is 0.0322. The zero-order valence-corrected chi connectivity index (χ0v) is 10.2. The van der Waals surface area contributed by atoms with Crippen molar-refractivity contribution in [3.63, 3.8) is 0 Å². The molecule has 0 spiro atoms. The predicted octanol–water partition coefficient (Wildman–Crippen LogP) is 1.41. The molecular weight excluding hydrogens is 218 g/mol. The van der Waals surface area contributed by atoms with Crippen LogP contribution in [-0.4, -0.2) is 49.5 Å². The number of hydrogen-bond acceptors (Lipinski definition) is 4. The first-order valence-electron chi connectivity index (χ1n) is 5.99. The molecule has 0 atom stereocenters. The van der Waals surface area contributed by atoms with E-state index in [2.05, 4.69) is 4.90 Å². The lowest BCUT2D eigenvalue weighted by atomic mass is 10.2. The molecule has 0 bridgehead atoms. The lowest BCUT2D eigenvalue weighted by Gasteiger charge is -2.26. The van der Waals surface area contributed by atoms with Gasteiger partial charge < -0.3 is 14.6 Å². The molecule has 0 unspecified atom stereocenters. The van der Waals surface area contributed by atoms with E-state index in [1.807, 2.05) is 13.0 Å². The third-order valence-corrected chi connectivity index (χ3v) is 3.02. The fraction of sp³-hybridized carbons (Fsp3) is 0.538. The summed E-state index contributed by atoms with van der Waals surface area (Å²) in [6.45, 7) is 6.98. The summed E-state index contributed by atoms with van der Waals surface area (Å²) in [6, 6.07) is 5.35. The second-order valence-corrected chi connectivity index (χ2v) is 4.20. The minimum Gasteiger partial charge on any atom is -0.508 e. The molecule has 1 fully saturated rings. The highest BCUT2D eigenvalue weighted by molar-refractivity contribution is 5.42. The molecule has 1 aliphatic rings. The minimum absolute atomic E-state index is 0.286. The zero-order valence-electron chi connectivity index (χ0n) is 10.2. The molecule has 0 amide bonds. The Labute approximate surface area is 102 Å². The average molecular weight is 237 g/mol. The highest BCUT2D eigenvalue weighted by atomic mass is 16.5. The molecule has 0 aromatic heterocycles. The number of morpholine rings is 1. The van der Waals surface area contributed by atoms with Crippen molar-refractivity contribution >= 4 is 0 Å². The summed E-state index contributed by atoms with van der Waals surface area (Å²) in [5.74, 6) is 1.05. The van der Waals surface area contributed by atoms with Gasteiger partial charge in [-0.2, -0.15) is 0 Å².